The highest BCUT2D eigenvalue weighted by molar-refractivity contribution is 9.10. The smallest absolute Gasteiger partial charge is 0.0400 e. The van der Waals surface area contributed by atoms with Gasteiger partial charge in [0.2, 0.25) is 0 Å². The van der Waals surface area contributed by atoms with Gasteiger partial charge in [0.05, 0.1) is 0 Å². The Morgan fingerprint density at radius 1 is 1.21 bits per heavy atom. The lowest BCUT2D eigenvalue weighted by Crippen LogP contribution is -2.20. The summed E-state index contributed by atoms with van der Waals surface area (Å²) >= 11 is 3.56. The molecular weight excluding hydrogens is 298 g/mol. The van der Waals surface area contributed by atoms with Gasteiger partial charge in [0, 0.05) is 16.7 Å². The van der Waals surface area contributed by atoms with Crippen LogP contribution >= 0.6 is 15.9 Å². The van der Waals surface area contributed by atoms with Crippen LogP contribution in [0.5, 0.6) is 0 Å². The van der Waals surface area contributed by atoms with Crippen LogP contribution in [0.2, 0.25) is 0 Å². The highest BCUT2D eigenvalue weighted by atomic mass is 79.9. The number of anilines is 1. The first-order valence-electron chi connectivity index (χ1n) is 7.13. The molecule has 2 heteroatoms. The first kappa shape index (κ1) is 14.6. The van der Waals surface area contributed by atoms with E-state index in [2.05, 4.69) is 67.2 Å². The fourth-order valence-corrected chi connectivity index (χ4v) is 3.96. The monoisotopic (exact) mass is 321 g/mol. The van der Waals surface area contributed by atoms with Gasteiger partial charge < -0.3 is 5.32 Å². The van der Waals surface area contributed by atoms with E-state index in [1.54, 1.807) is 5.57 Å². The van der Waals surface area contributed by atoms with Gasteiger partial charge in [-0.15, -0.1) is 0 Å². The fourth-order valence-electron chi connectivity index (χ4n) is 3.28. The molecule has 19 heavy (non-hydrogen) atoms. The summed E-state index contributed by atoms with van der Waals surface area (Å²) in [6.45, 7) is 10.0. The third-order valence-electron chi connectivity index (χ3n) is 3.95. The van der Waals surface area contributed by atoms with Crippen molar-refractivity contribution in [1.82, 2.24) is 0 Å². The molecule has 1 aliphatic rings. The van der Waals surface area contributed by atoms with E-state index in [4.69, 9.17) is 0 Å². The highest BCUT2D eigenvalue weighted by Crippen LogP contribution is 2.30. The van der Waals surface area contributed by atoms with Crippen LogP contribution in [0.1, 0.15) is 37.8 Å². The second kappa shape index (κ2) is 6.13. The van der Waals surface area contributed by atoms with Crippen LogP contribution in [0.25, 0.3) is 0 Å². The Balaban J connectivity index is 2.02. The van der Waals surface area contributed by atoms with Gasteiger partial charge in [0.1, 0.15) is 0 Å². The number of hydrogen-bond donors (Lipinski definition) is 1. The summed E-state index contributed by atoms with van der Waals surface area (Å²) in [5.41, 5.74) is 5.50. The standard InChI is InChI=1S/C17H24BrN/c1-11-5-12(2)7-15(6-11)10-19-17-13(3)8-16(18)9-14(17)4/h5,8-9,11,15,19H,6-7,10H2,1-4H3. The van der Waals surface area contributed by atoms with Crippen LogP contribution in [0, 0.1) is 25.7 Å². The first-order chi connectivity index (χ1) is 8.95. The number of hydrogen-bond acceptors (Lipinski definition) is 1. The van der Waals surface area contributed by atoms with Crippen molar-refractivity contribution in [3.8, 4) is 0 Å². The molecular formula is C17H24BrN. The van der Waals surface area contributed by atoms with E-state index >= 15 is 0 Å². The van der Waals surface area contributed by atoms with Crippen LogP contribution in [0.15, 0.2) is 28.3 Å². The maximum Gasteiger partial charge on any atom is 0.0400 e. The predicted molar refractivity (Wildman–Crippen MR) is 87.8 cm³/mol. The number of benzene rings is 1. The molecule has 1 aromatic carbocycles. The molecule has 1 nitrogen and oxygen atoms in total. The molecule has 2 unspecified atom stereocenters. The normalized spacial score (nSPS) is 23.1. The summed E-state index contributed by atoms with van der Waals surface area (Å²) < 4.78 is 1.16. The van der Waals surface area contributed by atoms with Gasteiger partial charge >= 0.3 is 0 Å². The van der Waals surface area contributed by atoms with Crippen molar-refractivity contribution < 1.29 is 0 Å². The quantitative estimate of drug-likeness (QED) is 0.728. The number of rotatable bonds is 3. The van der Waals surface area contributed by atoms with Crippen LogP contribution < -0.4 is 5.32 Å². The van der Waals surface area contributed by atoms with Crippen LogP contribution in [0.3, 0.4) is 0 Å². The Kier molecular flexibility index (Phi) is 4.72. The molecule has 104 valence electrons. The molecule has 2 rings (SSSR count). The largest absolute Gasteiger partial charge is 0.384 e. The molecule has 0 radical (unpaired) electrons. The molecule has 0 aromatic heterocycles. The zero-order valence-electron chi connectivity index (χ0n) is 12.4. The summed E-state index contributed by atoms with van der Waals surface area (Å²) in [5.74, 6) is 1.50. The zero-order chi connectivity index (χ0) is 14.0. The topological polar surface area (TPSA) is 12.0 Å². The highest BCUT2D eigenvalue weighted by Gasteiger charge is 2.18. The minimum atomic E-state index is 0.729. The van der Waals surface area contributed by atoms with E-state index in [-0.39, 0.29) is 0 Å². The Morgan fingerprint density at radius 2 is 1.84 bits per heavy atom. The van der Waals surface area contributed by atoms with E-state index < -0.39 is 0 Å². The van der Waals surface area contributed by atoms with Crippen LogP contribution in [-0.2, 0) is 0 Å². The van der Waals surface area contributed by atoms with Gasteiger partial charge in [-0.3, -0.25) is 0 Å². The van der Waals surface area contributed by atoms with Crippen molar-refractivity contribution in [3.05, 3.63) is 39.4 Å². The number of allylic oxidation sites excluding steroid dienone is 2. The van der Waals surface area contributed by atoms with Gasteiger partial charge in [-0.25, -0.2) is 0 Å². The molecule has 1 N–H and O–H groups in total. The SMILES string of the molecule is CC1=CC(C)CC(CNc2c(C)cc(Br)cc2C)C1. The van der Waals surface area contributed by atoms with Crippen LogP contribution in [0.4, 0.5) is 5.69 Å². The summed E-state index contributed by atoms with van der Waals surface area (Å²) in [4.78, 5) is 0. The van der Waals surface area contributed by atoms with Crippen molar-refractivity contribution in [2.24, 2.45) is 11.8 Å². The van der Waals surface area contributed by atoms with E-state index in [9.17, 15) is 0 Å². The lowest BCUT2D eigenvalue weighted by Gasteiger charge is -2.26. The summed E-state index contributed by atoms with van der Waals surface area (Å²) in [7, 11) is 0. The van der Waals surface area contributed by atoms with E-state index in [0.29, 0.717) is 0 Å². The Labute approximate surface area is 125 Å². The molecule has 0 spiro atoms. The molecule has 0 saturated carbocycles. The summed E-state index contributed by atoms with van der Waals surface area (Å²) in [6.07, 6.45) is 4.97. The van der Waals surface area contributed by atoms with Crippen LogP contribution in [-0.4, -0.2) is 6.54 Å². The molecule has 1 aromatic rings. The number of nitrogens with one attached hydrogen (secondary N) is 1. The summed E-state index contributed by atoms with van der Waals surface area (Å²) in [6, 6.07) is 4.37. The predicted octanol–water partition coefficient (Wildman–Crippen LogP) is 5.47. The van der Waals surface area contributed by atoms with Crippen molar-refractivity contribution in [2.45, 2.75) is 40.5 Å². The third kappa shape index (κ3) is 3.85. The van der Waals surface area contributed by atoms with Crippen molar-refractivity contribution in [2.75, 3.05) is 11.9 Å². The molecule has 0 fully saturated rings. The van der Waals surface area contributed by atoms with Gasteiger partial charge in [-0.1, -0.05) is 34.5 Å². The molecule has 0 bridgehead atoms. The Morgan fingerprint density at radius 3 is 2.42 bits per heavy atom. The molecule has 0 heterocycles. The van der Waals surface area contributed by atoms with E-state index in [1.807, 2.05) is 0 Å². The Hall–Kier alpha value is -0.760. The Bertz CT molecular complexity index is 467. The second-order valence-electron chi connectivity index (χ2n) is 6.09. The lowest BCUT2D eigenvalue weighted by atomic mass is 9.83. The number of halogens is 1. The van der Waals surface area contributed by atoms with E-state index in [1.165, 1.54) is 29.7 Å². The van der Waals surface area contributed by atoms with Crippen molar-refractivity contribution in [3.63, 3.8) is 0 Å². The average molecular weight is 322 g/mol. The molecule has 2 atom stereocenters. The summed E-state index contributed by atoms with van der Waals surface area (Å²) in [5, 5.41) is 3.67. The van der Waals surface area contributed by atoms with Gasteiger partial charge in [0.25, 0.3) is 0 Å². The first-order valence-corrected chi connectivity index (χ1v) is 7.93. The minimum Gasteiger partial charge on any atom is -0.384 e. The van der Waals surface area contributed by atoms with Gasteiger partial charge in [-0.2, -0.15) is 0 Å². The zero-order valence-corrected chi connectivity index (χ0v) is 14.0. The average Bonchev–Trinajstić information content (AvgIpc) is 2.25. The van der Waals surface area contributed by atoms with Gasteiger partial charge in [0.15, 0.2) is 0 Å². The molecule has 1 aliphatic carbocycles. The second-order valence-corrected chi connectivity index (χ2v) is 7.01. The lowest BCUT2D eigenvalue weighted by molar-refractivity contribution is 0.421. The minimum absolute atomic E-state index is 0.729. The number of aryl methyl sites for hydroxylation is 2. The van der Waals surface area contributed by atoms with Gasteiger partial charge in [-0.05, 0) is 68.7 Å². The van der Waals surface area contributed by atoms with E-state index in [0.717, 1.165) is 22.9 Å². The third-order valence-corrected chi connectivity index (χ3v) is 4.41. The maximum absolute atomic E-state index is 3.67. The molecule has 0 saturated heterocycles. The molecule has 0 aliphatic heterocycles. The maximum atomic E-state index is 3.67. The van der Waals surface area contributed by atoms with Crippen molar-refractivity contribution in [1.29, 1.82) is 0 Å². The molecule has 0 amide bonds. The van der Waals surface area contributed by atoms with Crippen molar-refractivity contribution >= 4 is 21.6 Å². The fraction of sp³-hybridized carbons (Fsp3) is 0.529.